The molecule has 0 aliphatic rings. The van der Waals surface area contributed by atoms with E-state index in [4.69, 9.17) is 5.26 Å². The maximum absolute atomic E-state index is 10.9. The first-order chi connectivity index (χ1) is 6.31. The number of hydrogen-bond acceptors (Lipinski definition) is 3. The molecule has 0 aliphatic carbocycles. The molecule has 0 spiro atoms. The molecule has 0 atom stereocenters. The number of nitrogens with zero attached hydrogens (tertiary/aromatic N) is 1. The summed E-state index contributed by atoms with van der Waals surface area (Å²) in [6.45, 7) is 3.10. The molecule has 4 nitrogen and oxygen atoms in total. The van der Waals surface area contributed by atoms with Crippen LogP contribution in [-0.2, 0) is 4.79 Å². The molecule has 72 valence electrons. The number of rotatable bonds is 6. The molecule has 0 bridgehead atoms. The van der Waals surface area contributed by atoms with Gasteiger partial charge in [-0.3, -0.25) is 4.79 Å². The molecular formula is C9H15N3O. The summed E-state index contributed by atoms with van der Waals surface area (Å²) < 4.78 is 0. The Bertz CT molecular complexity index is 205. The summed E-state index contributed by atoms with van der Waals surface area (Å²) in [6.07, 6.45) is 4.92. The van der Waals surface area contributed by atoms with Crippen LogP contribution in [0.1, 0.15) is 13.3 Å². The van der Waals surface area contributed by atoms with Crippen LogP contribution in [0.5, 0.6) is 0 Å². The second-order valence-corrected chi connectivity index (χ2v) is 2.47. The van der Waals surface area contributed by atoms with Crippen molar-refractivity contribution in [3.05, 3.63) is 12.2 Å². The second kappa shape index (κ2) is 8.75. The lowest BCUT2D eigenvalue weighted by Crippen LogP contribution is -2.34. The monoisotopic (exact) mass is 181 g/mol. The van der Waals surface area contributed by atoms with Crippen LogP contribution in [0.15, 0.2) is 12.2 Å². The average molecular weight is 181 g/mol. The number of allylic oxidation sites excluding steroid dienone is 1. The molecule has 0 aromatic carbocycles. The molecule has 0 heterocycles. The van der Waals surface area contributed by atoms with Gasteiger partial charge < -0.3 is 10.6 Å². The van der Waals surface area contributed by atoms with Crippen molar-refractivity contribution in [2.24, 2.45) is 0 Å². The fraction of sp³-hybridized carbons (Fsp3) is 0.556. The Balaban J connectivity index is 3.23. The molecule has 0 fully saturated rings. The number of carbonyl (C=O) groups excluding carboxylic acids is 1. The van der Waals surface area contributed by atoms with Crippen LogP contribution in [0.2, 0.25) is 0 Å². The third kappa shape index (κ3) is 8.57. The van der Waals surface area contributed by atoms with E-state index in [1.807, 2.05) is 25.1 Å². The summed E-state index contributed by atoms with van der Waals surface area (Å²) in [6, 6.07) is 1.84. The Morgan fingerprint density at radius 1 is 1.62 bits per heavy atom. The summed E-state index contributed by atoms with van der Waals surface area (Å²) in [7, 11) is 0. The number of hydrogen-bond donors (Lipinski definition) is 2. The van der Waals surface area contributed by atoms with E-state index < -0.39 is 0 Å². The van der Waals surface area contributed by atoms with Gasteiger partial charge in [-0.05, 0) is 19.9 Å². The van der Waals surface area contributed by atoms with Crippen molar-refractivity contribution in [3.63, 3.8) is 0 Å². The predicted molar refractivity (Wildman–Crippen MR) is 50.9 cm³/mol. The topological polar surface area (TPSA) is 64.9 Å². The van der Waals surface area contributed by atoms with Gasteiger partial charge in [-0.1, -0.05) is 12.2 Å². The molecule has 0 saturated carbocycles. The van der Waals surface area contributed by atoms with Crippen LogP contribution in [0, 0.1) is 11.3 Å². The minimum absolute atomic E-state index is 0.0787. The Morgan fingerprint density at radius 2 is 2.38 bits per heavy atom. The highest BCUT2D eigenvalue weighted by Crippen LogP contribution is 1.78. The molecule has 4 heteroatoms. The molecule has 0 rings (SSSR count). The first kappa shape index (κ1) is 11.7. The van der Waals surface area contributed by atoms with Crippen molar-refractivity contribution >= 4 is 5.91 Å². The second-order valence-electron chi connectivity index (χ2n) is 2.47. The van der Waals surface area contributed by atoms with E-state index in [2.05, 4.69) is 10.6 Å². The SMILES string of the molecule is C/C=C/CCNCC(=O)NCC#N. The lowest BCUT2D eigenvalue weighted by molar-refractivity contribution is -0.120. The summed E-state index contributed by atoms with van der Waals surface area (Å²) >= 11 is 0. The van der Waals surface area contributed by atoms with Crippen LogP contribution < -0.4 is 10.6 Å². The van der Waals surface area contributed by atoms with E-state index >= 15 is 0 Å². The number of nitriles is 1. The van der Waals surface area contributed by atoms with Crippen LogP contribution in [0.25, 0.3) is 0 Å². The molecule has 0 saturated heterocycles. The van der Waals surface area contributed by atoms with E-state index in [0.717, 1.165) is 13.0 Å². The first-order valence-corrected chi connectivity index (χ1v) is 4.26. The van der Waals surface area contributed by atoms with Gasteiger partial charge in [0.2, 0.25) is 5.91 Å². The van der Waals surface area contributed by atoms with Gasteiger partial charge in [0.15, 0.2) is 0 Å². The van der Waals surface area contributed by atoms with Crippen LogP contribution in [0.3, 0.4) is 0 Å². The molecule has 0 aromatic heterocycles. The fourth-order valence-corrected chi connectivity index (χ4v) is 0.755. The Kier molecular flexibility index (Phi) is 7.85. The van der Waals surface area contributed by atoms with Crippen molar-refractivity contribution < 1.29 is 4.79 Å². The van der Waals surface area contributed by atoms with Crippen LogP contribution >= 0.6 is 0 Å². The van der Waals surface area contributed by atoms with Crippen molar-refractivity contribution in [2.75, 3.05) is 19.6 Å². The minimum atomic E-state index is -0.137. The molecule has 0 aromatic rings. The smallest absolute Gasteiger partial charge is 0.234 e. The molecular weight excluding hydrogens is 166 g/mol. The summed E-state index contributed by atoms with van der Waals surface area (Å²) in [4.78, 5) is 10.9. The van der Waals surface area contributed by atoms with E-state index in [-0.39, 0.29) is 19.0 Å². The molecule has 0 radical (unpaired) electrons. The van der Waals surface area contributed by atoms with Crippen molar-refractivity contribution in [1.82, 2.24) is 10.6 Å². The van der Waals surface area contributed by atoms with E-state index in [9.17, 15) is 4.79 Å². The summed E-state index contributed by atoms with van der Waals surface area (Å²) in [5.74, 6) is -0.137. The normalized spacial score (nSPS) is 9.85. The Hall–Kier alpha value is -1.34. The van der Waals surface area contributed by atoms with Gasteiger partial charge in [-0.15, -0.1) is 0 Å². The first-order valence-electron chi connectivity index (χ1n) is 4.26. The maximum Gasteiger partial charge on any atom is 0.234 e. The van der Waals surface area contributed by atoms with Gasteiger partial charge in [0.25, 0.3) is 0 Å². The lowest BCUT2D eigenvalue weighted by atomic mass is 10.4. The Morgan fingerprint density at radius 3 is 3.00 bits per heavy atom. The number of carbonyl (C=O) groups is 1. The van der Waals surface area contributed by atoms with Crippen LogP contribution in [0.4, 0.5) is 0 Å². The van der Waals surface area contributed by atoms with Gasteiger partial charge in [-0.2, -0.15) is 5.26 Å². The molecule has 0 unspecified atom stereocenters. The number of amides is 1. The van der Waals surface area contributed by atoms with Gasteiger partial charge >= 0.3 is 0 Å². The predicted octanol–water partition coefficient (Wildman–Crippen LogP) is 0.182. The van der Waals surface area contributed by atoms with Crippen molar-refractivity contribution in [3.8, 4) is 6.07 Å². The largest absolute Gasteiger partial charge is 0.342 e. The van der Waals surface area contributed by atoms with E-state index in [1.54, 1.807) is 0 Å². The number of nitrogens with one attached hydrogen (secondary N) is 2. The highest BCUT2D eigenvalue weighted by atomic mass is 16.1. The minimum Gasteiger partial charge on any atom is -0.342 e. The quantitative estimate of drug-likeness (QED) is 0.349. The summed E-state index contributed by atoms with van der Waals surface area (Å²) in [5, 5.41) is 13.6. The highest BCUT2D eigenvalue weighted by molar-refractivity contribution is 5.78. The van der Waals surface area contributed by atoms with Crippen molar-refractivity contribution in [1.29, 1.82) is 5.26 Å². The van der Waals surface area contributed by atoms with Gasteiger partial charge in [0.05, 0.1) is 12.6 Å². The van der Waals surface area contributed by atoms with Gasteiger partial charge in [-0.25, -0.2) is 0 Å². The zero-order valence-electron chi connectivity index (χ0n) is 7.84. The molecule has 0 aliphatic heterocycles. The zero-order valence-corrected chi connectivity index (χ0v) is 7.84. The van der Waals surface area contributed by atoms with E-state index in [0.29, 0.717) is 0 Å². The zero-order chi connectivity index (χ0) is 9.94. The van der Waals surface area contributed by atoms with Gasteiger partial charge in [0.1, 0.15) is 6.54 Å². The molecule has 1 amide bonds. The summed E-state index contributed by atoms with van der Waals surface area (Å²) in [5.41, 5.74) is 0. The maximum atomic E-state index is 10.9. The Labute approximate surface area is 78.6 Å². The average Bonchev–Trinajstić information content (AvgIpc) is 2.14. The third-order valence-corrected chi connectivity index (χ3v) is 1.37. The fourth-order valence-electron chi connectivity index (χ4n) is 0.755. The molecule has 2 N–H and O–H groups in total. The lowest BCUT2D eigenvalue weighted by Gasteiger charge is -2.01. The highest BCUT2D eigenvalue weighted by Gasteiger charge is 1.96. The van der Waals surface area contributed by atoms with Crippen LogP contribution in [-0.4, -0.2) is 25.5 Å². The molecule has 13 heavy (non-hydrogen) atoms. The third-order valence-electron chi connectivity index (χ3n) is 1.37. The van der Waals surface area contributed by atoms with Gasteiger partial charge in [0, 0.05) is 0 Å². The standard InChI is InChI=1S/C9H15N3O/c1-2-3-4-6-11-8-9(13)12-7-5-10/h2-3,11H,4,6-8H2,1H3,(H,12,13)/b3-2+. The van der Waals surface area contributed by atoms with E-state index in [1.165, 1.54) is 0 Å². The van der Waals surface area contributed by atoms with Crippen molar-refractivity contribution in [2.45, 2.75) is 13.3 Å².